The zero-order chi connectivity index (χ0) is 20.3. The number of nitriles is 1. The van der Waals surface area contributed by atoms with Gasteiger partial charge in [-0.2, -0.15) is 5.26 Å². The third-order valence-corrected chi connectivity index (χ3v) is 5.03. The molecule has 2 aromatic rings. The number of hydrogen-bond donors (Lipinski definition) is 1. The van der Waals surface area contributed by atoms with Gasteiger partial charge in [-0.05, 0) is 43.5 Å². The Bertz CT molecular complexity index is 1020. The Morgan fingerprint density at radius 3 is 2.93 bits per heavy atom. The normalized spacial score (nSPS) is 16.4. The fourth-order valence-corrected chi connectivity index (χ4v) is 3.41. The highest BCUT2D eigenvalue weighted by Gasteiger charge is 2.23. The van der Waals surface area contributed by atoms with Crippen LogP contribution in [-0.2, 0) is 11.3 Å². The van der Waals surface area contributed by atoms with Gasteiger partial charge in [-0.3, -0.25) is 14.4 Å². The number of aromatic nitrogens is 1. The quantitative estimate of drug-likeness (QED) is 0.775. The molecule has 0 aliphatic carbocycles. The maximum Gasteiger partial charge on any atom is 0.271 e. The summed E-state index contributed by atoms with van der Waals surface area (Å²) in [5, 5.41) is 20.5. The second-order valence-electron chi connectivity index (χ2n) is 6.48. The van der Waals surface area contributed by atoms with Crippen molar-refractivity contribution in [3.8, 4) is 17.7 Å². The predicted octanol–water partition coefficient (Wildman–Crippen LogP) is 3.33. The summed E-state index contributed by atoms with van der Waals surface area (Å²) in [5.74, 6) is 0.289. The molecule has 3 rings (SSSR count). The number of aromatic hydroxyl groups is 1. The van der Waals surface area contributed by atoms with Gasteiger partial charge in [-0.1, -0.05) is 11.6 Å². The van der Waals surface area contributed by atoms with Gasteiger partial charge in [0.15, 0.2) is 0 Å². The molecule has 146 valence electrons. The average molecular weight is 402 g/mol. The van der Waals surface area contributed by atoms with Gasteiger partial charge >= 0.3 is 0 Å². The fraction of sp³-hybridized carbons (Fsp3) is 0.350. The minimum Gasteiger partial charge on any atom is -0.495 e. The lowest BCUT2D eigenvalue weighted by Gasteiger charge is -2.17. The van der Waals surface area contributed by atoms with Gasteiger partial charge in [-0.15, -0.1) is 0 Å². The van der Waals surface area contributed by atoms with Crippen LogP contribution in [-0.4, -0.2) is 35.7 Å². The van der Waals surface area contributed by atoms with E-state index < -0.39 is 5.56 Å². The van der Waals surface area contributed by atoms with Crippen molar-refractivity contribution >= 4 is 23.5 Å². The van der Waals surface area contributed by atoms with Crippen LogP contribution in [0.5, 0.6) is 11.6 Å². The molecule has 1 aliphatic rings. The molecule has 0 radical (unpaired) electrons. The molecule has 1 unspecified atom stereocenters. The van der Waals surface area contributed by atoms with Crippen LogP contribution in [0.2, 0.25) is 5.02 Å². The molecule has 0 spiro atoms. The third-order valence-electron chi connectivity index (χ3n) is 4.73. The van der Waals surface area contributed by atoms with Crippen LogP contribution in [0.25, 0.3) is 0 Å². The van der Waals surface area contributed by atoms with Crippen molar-refractivity contribution in [3.05, 3.63) is 50.3 Å². The second kappa shape index (κ2) is 8.46. The smallest absolute Gasteiger partial charge is 0.271 e. The molecule has 1 fully saturated rings. The summed E-state index contributed by atoms with van der Waals surface area (Å²) >= 11 is 6.11. The number of ether oxygens (including phenoxy) is 2. The molecule has 1 saturated heterocycles. The van der Waals surface area contributed by atoms with Crippen molar-refractivity contribution < 1.29 is 14.6 Å². The van der Waals surface area contributed by atoms with Crippen LogP contribution in [0.15, 0.2) is 28.0 Å². The van der Waals surface area contributed by atoms with Crippen LogP contribution >= 0.6 is 11.6 Å². The first-order valence-corrected chi connectivity index (χ1v) is 9.19. The van der Waals surface area contributed by atoms with Gasteiger partial charge in [0.25, 0.3) is 5.56 Å². The molecule has 0 saturated carbocycles. The number of pyridine rings is 1. The lowest BCUT2D eigenvalue weighted by atomic mass is 10.1. The number of halogens is 1. The Labute approximate surface area is 167 Å². The second-order valence-corrected chi connectivity index (χ2v) is 6.88. The van der Waals surface area contributed by atoms with Crippen LogP contribution in [0.3, 0.4) is 0 Å². The molecule has 8 heteroatoms. The monoisotopic (exact) mass is 401 g/mol. The Morgan fingerprint density at radius 2 is 2.32 bits per heavy atom. The molecular weight excluding hydrogens is 382 g/mol. The summed E-state index contributed by atoms with van der Waals surface area (Å²) in [6.07, 6.45) is 2.97. The van der Waals surface area contributed by atoms with E-state index in [1.165, 1.54) is 17.9 Å². The Hall–Kier alpha value is -2.82. The summed E-state index contributed by atoms with van der Waals surface area (Å²) < 4.78 is 11.9. The number of aliphatic imine (C=N–C) groups is 1. The number of hydrogen-bond acceptors (Lipinski definition) is 6. The van der Waals surface area contributed by atoms with E-state index in [2.05, 4.69) is 4.99 Å². The summed E-state index contributed by atoms with van der Waals surface area (Å²) in [5.41, 5.74) is 0.667. The van der Waals surface area contributed by atoms with Crippen LogP contribution in [0.1, 0.15) is 29.5 Å². The highest BCUT2D eigenvalue weighted by atomic mass is 35.5. The zero-order valence-electron chi connectivity index (χ0n) is 15.6. The first-order valence-electron chi connectivity index (χ1n) is 8.82. The van der Waals surface area contributed by atoms with Crippen molar-refractivity contribution in [1.82, 2.24) is 4.57 Å². The third kappa shape index (κ3) is 3.88. The molecule has 1 N–H and O–H groups in total. The molecule has 1 aromatic heterocycles. The lowest BCUT2D eigenvalue weighted by Crippen LogP contribution is -2.29. The Kier molecular flexibility index (Phi) is 6.02. The van der Waals surface area contributed by atoms with Gasteiger partial charge in [0, 0.05) is 12.8 Å². The predicted molar refractivity (Wildman–Crippen MR) is 106 cm³/mol. The highest BCUT2D eigenvalue weighted by molar-refractivity contribution is 6.32. The van der Waals surface area contributed by atoms with Crippen LogP contribution in [0.4, 0.5) is 5.69 Å². The molecule has 1 aliphatic heterocycles. The largest absolute Gasteiger partial charge is 0.495 e. The number of benzene rings is 1. The van der Waals surface area contributed by atoms with Crippen molar-refractivity contribution in [2.45, 2.75) is 32.4 Å². The maximum absolute atomic E-state index is 12.6. The van der Waals surface area contributed by atoms with Crippen LogP contribution in [0, 0.1) is 18.3 Å². The number of rotatable bonds is 5. The zero-order valence-corrected chi connectivity index (χ0v) is 16.4. The van der Waals surface area contributed by atoms with Gasteiger partial charge < -0.3 is 14.6 Å². The first-order chi connectivity index (χ1) is 13.5. The van der Waals surface area contributed by atoms with Gasteiger partial charge in [0.1, 0.15) is 17.4 Å². The van der Waals surface area contributed by atoms with Gasteiger partial charge in [-0.25, -0.2) is 0 Å². The van der Waals surface area contributed by atoms with E-state index in [-0.39, 0.29) is 24.1 Å². The summed E-state index contributed by atoms with van der Waals surface area (Å²) in [6, 6.07) is 6.95. The van der Waals surface area contributed by atoms with E-state index in [9.17, 15) is 15.2 Å². The highest BCUT2D eigenvalue weighted by Crippen LogP contribution is 2.29. The van der Waals surface area contributed by atoms with Crippen molar-refractivity contribution in [2.75, 3.05) is 13.7 Å². The van der Waals surface area contributed by atoms with E-state index in [4.69, 9.17) is 21.1 Å². The molecule has 1 aromatic carbocycles. The molecule has 1 atom stereocenters. The number of methoxy groups -OCH3 is 1. The minimum absolute atomic E-state index is 0.0231. The van der Waals surface area contributed by atoms with Crippen LogP contribution < -0.4 is 10.3 Å². The lowest BCUT2D eigenvalue weighted by molar-refractivity contribution is 0.0938. The molecule has 2 heterocycles. The minimum atomic E-state index is -0.530. The fourth-order valence-electron chi connectivity index (χ4n) is 3.16. The van der Waals surface area contributed by atoms with Gasteiger partial charge in [0.05, 0.1) is 36.0 Å². The molecule has 28 heavy (non-hydrogen) atoms. The van der Waals surface area contributed by atoms with E-state index >= 15 is 0 Å². The van der Waals surface area contributed by atoms with E-state index in [1.807, 2.05) is 6.07 Å². The molecule has 0 amide bonds. The SMILES string of the molecule is COc1ccc(N=Cc2c(C)c(C#N)c(=O)n(CC3CCCO3)c2O)cc1Cl. The Balaban J connectivity index is 2.03. The van der Waals surface area contributed by atoms with Crippen molar-refractivity contribution in [3.63, 3.8) is 0 Å². The average Bonchev–Trinajstić information content (AvgIpc) is 3.19. The van der Waals surface area contributed by atoms with E-state index in [0.717, 1.165) is 12.8 Å². The summed E-state index contributed by atoms with van der Waals surface area (Å²) in [6.45, 7) is 2.43. The van der Waals surface area contributed by atoms with Gasteiger partial charge in [0.2, 0.25) is 5.88 Å². The van der Waals surface area contributed by atoms with Crippen molar-refractivity contribution in [1.29, 1.82) is 5.26 Å². The first kappa shape index (κ1) is 19.9. The molecule has 7 nitrogen and oxygen atoms in total. The molecule has 0 bridgehead atoms. The van der Waals surface area contributed by atoms with E-state index in [0.29, 0.717) is 34.2 Å². The topological polar surface area (TPSA) is 96.8 Å². The standard InChI is InChI=1S/C20H20ClN3O4/c1-12-15(9-22)19(25)24(11-14-4-3-7-28-14)20(26)16(12)10-23-13-5-6-18(27-2)17(21)8-13/h5-6,8,10,14,26H,3-4,7,11H2,1-2H3. The summed E-state index contributed by atoms with van der Waals surface area (Å²) in [4.78, 5) is 17.0. The summed E-state index contributed by atoms with van der Waals surface area (Å²) in [7, 11) is 1.52. The number of nitrogens with zero attached hydrogens (tertiary/aromatic N) is 3. The maximum atomic E-state index is 12.6. The Morgan fingerprint density at radius 1 is 1.54 bits per heavy atom. The van der Waals surface area contributed by atoms with E-state index in [1.54, 1.807) is 25.1 Å². The van der Waals surface area contributed by atoms with Crippen molar-refractivity contribution in [2.24, 2.45) is 4.99 Å². The molecular formula is C20H20ClN3O4.